The van der Waals surface area contributed by atoms with Gasteiger partial charge in [-0.1, -0.05) is 18.2 Å². The second kappa shape index (κ2) is 9.10. The molecule has 0 bridgehead atoms. The van der Waals surface area contributed by atoms with Crippen LogP contribution in [0.15, 0.2) is 72.3 Å². The fourth-order valence-corrected chi connectivity index (χ4v) is 4.34. The zero-order chi connectivity index (χ0) is 25.4. The zero-order valence-corrected chi connectivity index (χ0v) is 19.5. The summed E-state index contributed by atoms with van der Waals surface area (Å²) < 4.78 is 16.0. The summed E-state index contributed by atoms with van der Waals surface area (Å²) in [5.41, 5.74) is 1.67. The molecule has 0 saturated carbocycles. The SMILES string of the molecule is COc1ccc(C2/C(=C(/O)c3ccc4c(c3)OCO4)C(=O)C(=O)N2c2cccc(NC(C)=O)c2)cc1. The highest BCUT2D eigenvalue weighted by Crippen LogP contribution is 2.44. The van der Waals surface area contributed by atoms with Gasteiger partial charge in [-0.3, -0.25) is 19.3 Å². The van der Waals surface area contributed by atoms with E-state index in [1.807, 2.05) is 0 Å². The largest absolute Gasteiger partial charge is 0.507 e. The molecule has 1 fully saturated rings. The summed E-state index contributed by atoms with van der Waals surface area (Å²) in [5, 5.41) is 14.0. The maximum Gasteiger partial charge on any atom is 0.300 e. The van der Waals surface area contributed by atoms with Gasteiger partial charge in [0, 0.05) is 23.9 Å². The van der Waals surface area contributed by atoms with E-state index in [4.69, 9.17) is 14.2 Å². The summed E-state index contributed by atoms with van der Waals surface area (Å²) in [6.07, 6.45) is 0. The van der Waals surface area contributed by atoms with Gasteiger partial charge in [0.15, 0.2) is 11.5 Å². The van der Waals surface area contributed by atoms with Crippen LogP contribution in [0.5, 0.6) is 17.2 Å². The van der Waals surface area contributed by atoms with Crippen molar-refractivity contribution >= 4 is 34.7 Å². The number of methoxy groups -OCH3 is 1. The Morgan fingerprint density at radius 2 is 1.78 bits per heavy atom. The first kappa shape index (κ1) is 23.0. The van der Waals surface area contributed by atoms with E-state index in [0.29, 0.717) is 39.8 Å². The smallest absolute Gasteiger partial charge is 0.300 e. The van der Waals surface area contributed by atoms with Gasteiger partial charge >= 0.3 is 0 Å². The number of nitrogens with zero attached hydrogens (tertiary/aromatic N) is 1. The van der Waals surface area contributed by atoms with E-state index < -0.39 is 17.7 Å². The Morgan fingerprint density at radius 3 is 2.50 bits per heavy atom. The Balaban J connectivity index is 1.67. The molecule has 5 rings (SSSR count). The molecule has 2 aliphatic heterocycles. The Bertz CT molecular complexity index is 1410. The fourth-order valence-electron chi connectivity index (χ4n) is 4.34. The second-order valence-electron chi connectivity index (χ2n) is 8.24. The van der Waals surface area contributed by atoms with Crippen LogP contribution < -0.4 is 24.4 Å². The standard InChI is InChI=1S/C27H22N2O7/c1-15(30)28-18-4-3-5-19(13-18)29-24(16-6-9-20(34-2)10-7-16)23(26(32)27(29)33)25(31)17-8-11-21-22(12-17)36-14-35-21/h3-13,24,31H,14H2,1-2H3,(H,28,30)/b25-23-. The molecule has 182 valence electrons. The number of hydrogen-bond donors (Lipinski definition) is 2. The third kappa shape index (κ3) is 4.00. The monoisotopic (exact) mass is 486 g/mol. The van der Waals surface area contributed by atoms with Crippen LogP contribution in [-0.4, -0.2) is 36.6 Å². The van der Waals surface area contributed by atoms with Gasteiger partial charge in [-0.2, -0.15) is 0 Å². The lowest BCUT2D eigenvalue weighted by molar-refractivity contribution is -0.132. The molecule has 9 heteroatoms. The quantitative estimate of drug-likeness (QED) is 0.318. The highest BCUT2D eigenvalue weighted by Gasteiger charge is 2.47. The van der Waals surface area contributed by atoms with Crippen LogP contribution in [0.25, 0.3) is 5.76 Å². The van der Waals surface area contributed by atoms with Crippen LogP contribution >= 0.6 is 0 Å². The molecule has 2 aliphatic rings. The van der Waals surface area contributed by atoms with Crippen molar-refractivity contribution in [3.05, 3.63) is 83.4 Å². The van der Waals surface area contributed by atoms with E-state index in [1.165, 1.54) is 18.9 Å². The van der Waals surface area contributed by atoms with Gasteiger partial charge in [0.05, 0.1) is 18.7 Å². The average molecular weight is 486 g/mol. The molecule has 0 aliphatic carbocycles. The van der Waals surface area contributed by atoms with Gasteiger partial charge in [-0.15, -0.1) is 0 Å². The maximum atomic E-state index is 13.4. The predicted molar refractivity (Wildman–Crippen MR) is 131 cm³/mol. The van der Waals surface area contributed by atoms with Crippen molar-refractivity contribution in [2.45, 2.75) is 13.0 Å². The lowest BCUT2D eigenvalue weighted by Crippen LogP contribution is -2.29. The van der Waals surface area contributed by atoms with Crippen LogP contribution in [0.4, 0.5) is 11.4 Å². The third-order valence-electron chi connectivity index (χ3n) is 5.97. The molecule has 2 N–H and O–H groups in total. The minimum absolute atomic E-state index is 0.0560. The molecule has 9 nitrogen and oxygen atoms in total. The van der Waals surface area contributed by atoms with Gasteiger partial charge in [0.1, 0.15) is 11.5 Å². The summed E-state index contributed by atoms with van der Waals surface area (Å²) in [7, 11) is 1.54. The zero-order valence-electron chi connectivity index (χ0n) is 19.5. The minimum Gasteiger partial charge on any atom is -0.507 e. The number of carbonyl (C=O) groups is 3. The van der Waals surface area contributed by atoms with Crippen molar-refractivity contribution in [2.24, 2.45) is 0 Å². The van der Waals surface area contributed by atoms with Crippen molar-refractivity contribution in [3.63, 3.8) is 0 Å². The summed E-state index contributed by atoms with van der Waals surface area (Å²) in [4.78, 5) is 39.6. The highest BCUT2D eigenvalue weighted by atomic mass is 16.7. The Kier molecular flexibility index (Phi) is 5.81. The number of aliphatic hydroxyl groups excluding tert-OH is 1. The molecule has 1 atom stereocenters. The number of Topliss-reactive ketones (excluding diaryl/α,β-unsaturated/α-hetero) is 1. The third-order valence-corrected chi connectivity index (χ3v) is 5.97. The molecule has 0 radical (unpaired) electrons. The lowest BCUT2D eigenvalue weighted by atomic mass is 9.95. The first-order valence-corrected chi connectivity index (χ1v) is 11.1. The van der Waals surface area contributed by atoms with E-state index in [9.17, 15) is 19.5 Å². The minimum atomic E-state index is -0.936. The molecule has 0 spiro atoms. The van der Waals surface area contributed by atoms with Gasteiger partial charge < -0.3 is 24.6 Å². The van der Waals surface area contributed by atoms with Crippen LogP contribution in [0.1, 0.15) is 24.1 Å². The van der Waals surface area contributed by atoms with Gasteiger partial charge in [-0.25, -0.2) is 0 Å². The van der Waals surface area contributed by atoms with Crippen molar-refractivity contribution in [1.29, 1.82) is 0 Å². The second-order valence-corrected chi connectivity index (χ2v) is 8.24. The highest BCUT2D eigenvalue weighted by molar-refractivity contribution is 6.51. The summed E-state index contributed by atoms with van der Waals surface area (Å²) in [5.74, 6) is -0.712. The number of anilines is 2. The van der Waals surface area contributed by atoms with E-state index in [0.717, 1.165) is 0 Å². The maximum absolute atomic E-state index is 13.4. The Labute approximate surface area is 206 Å². The fraction of sp³-hybridized carbons (Fsp3) is 0.148. The Morgan fingerprint density at radius 1 is 1.03 bits per heavy atom. The Hall–Kier alpha value is -4.79. The van der Waals surface area contributed by atoms with Crippen molar-refractivity contribution < 1.29 is 33.7 Å². The predicted octanol–water partition coefficient (Wildman–Crippen LogP) is 4.01. The van der Waals surface area contributed by atoms with Crippen LogP contribution in [0.3, 0.4) is 0 Å². The molecule has 2 heterocycles. The number of amides is 2. The lowest BCUT2D eigenvalue weighted by Gasteiger charge is -2.26. The van der Waals surface area contributed by atoms with E-state index in [1.54, 1.807) is 66.7 Å². The van der Waals surface area contributed by atoms with Crippen LogP contribution in [-0.2, 0) is 14.4 Å². The molecule has 3 aromatic carbocycles. The van der Waals surface area contributed by atoms with Crippen molar-refractivity contribution in [1.82, 2.24) is 0 Å². The van der Waals surface area contributed by atoms with Gasteiger partial charge in [-0.05, 0) is 54.1 Å². The number of ketones is 1. The number of ether oxygens (including phenoxy) is 3. The van der Waals surface area contributed by atoms with Gasteiger partial charge in [0.2, 0.25) is 12.7 Å². The molecule has 36 heavy (non-hydrogen) atoms. The van der Waals surface area contributed by atoms with Crippen LogP contribution in [0.2, 0.25) is 0 Å². The normalized spacial score (nSPS) is 17.8. The summed E-state index contributed by atoms with van der Waals surface area (Å²) >= 11 is 0. The van der Waals surface area contributed by atoms with Crippen molar-refractivity contribution in [2.75, 3.05) is 24.1 Å². The molecular formula is C27H22N2O7. The molecule has 1 saturated heterocycles. The van der Waals surface area contributed by atoms with E-state index >= 15 is 0 Å². The van der Waals surface area contributed by atoms with Crippen molar-refractivity contribution in [3.8, 4) is 17.2 Å². The molecule has 0 aromatic heterocycles. The first-order valence-electron chi connectivity index (χ1n) is 11.1. The number of aliphatic hydroxyl groups is 1. The molecule has 1 unspecified atom stereocenters. The number of hydrogen-bond acceptors (Lipinski definition) is 7. The number of nitrogens with one attached hydrogen (secondary N) is 1. The number of benzene rings is 3. The molecule has 3 aromatic rings. The first-order chi connectivity index (χ1) is 17.4. The molecule has 2 amide bonds. The van der Waals surface area contributed by atoms with Gasteiger partial charge in [0.25, 0.3) is 11.7 Å². The summed E-state index contributed by atoms with van der Waals surface area (Å²) in [6, 6.07) is 17.3. The summed E-state index contributed by atoms with van der Waals surface area (Å²) in [6.45, 7) is 1.43. The average Bonchev–Trinajstić information content (AvgIpc) is 3.45. The van der Waals surface area contributed by atoms with E-state index in [2.05, 4.69) is 5.32 Å². The number of fused-ring (bicyclic) bond motifs is 1. The molecular weight excluding hydrogens is 464 g/mol. The number of rotatable bonds is 5. The van der Waals surface area contributed by atoms with E-state index in [-0.39, 0.29) is 24.0 Å². The van der Waals surface area contributed by atoms with Crippen LogP contribution in [0, 0.1) is 0 Å². The topological polar surface area (TPSA) is 114 Å². The number of carbonyl (C=O) groups excluding carboxylic acids is 3.